The molecule has 1 aromatic carbocycles. The van der Waals surface area contributed by atoms with E-state index in [1.165, 1.54) is 12.1 Å². The van der Waals surface area contributed by atoms with E-state index in [-0.39, 0.29) is 10.8 Å². The first-order valence-corrected chi connectivity index (χ1v) is 5.28. The Hall–Kier alpha value is -1.16. The van der Waals surface area contributed by atoms with Gasteiger partial charge in [-0.25, -0.2) is 4.39 Å². The van der Waals surface area contributed by atoms with Crippen LogP contribution in [0.25, 0.3) is 0 Å². The summed E-state index contributed by atoms with van der Waals surface area (Å²) < 4.78 is 18.4. The van der Waals surface area contributed by atoms with Gasteiger partial charge in [0.25, 0.3) is 0 Å². The van der Waals surface area contributed by atoms with Crippen molar-refractivity contribution < 1.29 is 9.13 Å². The van der Waals surface area contributed by atoms with Crippen LogP contribution in [0, 0.1) is 5.82 Å². The third-order valence-electron chi connectivity index (χ3n) is 1.96. The second kappa shape index (κ2) is 5.66. The van der Waals surface area contributed by atoms with Crippen molar-refractivity contribution in [2.75, 3.05) is 6.61 Å². The molecular formula is C11H14FNOS. The zero-order valence-electron chi connectivity index (χ0n) is 8.63. The summed E-state index contributed by atoms with van der Waals surface area (Å²) in [5.41, 5.74) is 5.93. The predicted octanol–water partition coefficient (Wildman–Crippen LogP) is 2.64. The van der Waals surface area contributed by atoms with Gasteiger partial charge in [0.15, 0.2) is 0 Å². The Kier molecular flexibility index (Phi) is 4.49. The molecule has 0 aliphatic heterocycles. The Morgan fingerprint density at radius 3 is 2.87 bits per heavy atom. The Morgan fingerprint density at radius 2 is 2.27 bits per heavy atom. The van der Waals surface area contributed by atoms with E-state index in [1.807, 2.05) is 0 Å². The summed E-state index contributed by atoms with van der Waals surface area (Å²) in [6, 6.07) is 4.19. The molecule has 0 unspecified atom stereocenters. The molecule has 1 aromatic rings. The molecule has 0 aliphatic carbocycles. The molecule has 4 heteroatoms. The smallest absolute Gasteiger partial charge is 0.129 e. The van der Waals surface area contributed by atoms with Crippen LogP contribution in [-0.4, -0.2) is 11.6 Å². The average molecular weight is 227 g/mol. The molecule has 0 atom stereocenters. The highest BCUT2D eigenvalue weighted by Crippen LogP contribution is 2.19. The summed E-state index contributed by atoms with van der Waals surface area (Å²) in [4.78, 5) is 0.154. The lowest BCUT2D eigenvalue weighted by Gasteiger charge is -2.10. The molecule has 2 nitrogen and oxygen atoms in total. The molecule has 0 heterocycles. The van der Waals surface area contributed by atoms with Crippen molar-refractivity contribution in [3.05, 3.63) is 29.6 Å². The zero-order valence-corrected chi connectivity index (χ0v) is 9.44. The Balaban J connectivity index is 2.81. The standard InChI is InChI=1S/C11H14FNOS/c1-2-3-6-14-10-5-4-8(12)7-9(10)11(13)15/h4-5,7H,2-3,6H2,1H3,(H2,13,15). The van der Waals surface area contributed by atoms with E-state index in [9.17, 15) is 4.39 Å². The molecule has 0 radical (unpaired) electrons. The lowest BCUT2D eigenvalue weighted by molar-refractivity contribution is 0.308. The van der Waals surface area contributed by atoms with Crippen LogP contribution in [0.2, 0.25) is 0 Å². The molecule has 0 spiro atoms. The lowest BCUT2D eigenvalue weighted by atomic mass is 10.2. The van der Waals surface area contributed by atoms with Gasteiger partial charge in [-0.3, -0.25) is 0 Å². The van der Waals surface area contributed by atoms with Crippen LogP contribution in [0.1, 0.15) is 25.3 Å². The Bertz CT molecular complexity index is 354. The fraction of sp³-hybridized carbons (Fsp3) is 0.364. The maximum Gasteiger partial charge on any atom is 0.129 e. The van der Waals surface area contributed by atoms with Crippen molar-refractivity contribution >= 4 is 17.2 Å². The third kappa shape index (κ3) is 3.47. The summed E-state index contributed by atoms with van der Waals surface area (Å²) in [7, 11) is 0. The monoisotopic (exact) mass is 227 g/mol. The van der Waals surface area contributed by atoms with Gasteiger partial charge in [-0.2, -0.15) is 0 Å². The largest absolute Gasteiger partial charge is 0.493 e. The predicted molar refractivity (Wildman–Crippen MR) is 62.7 cm³/mol. The minimum Gasteiger partial charge on any atom is -0.493 e. The van der Waals surface area contributed by atoms with Gasteiger partial charge in [0.2, 0.25) is 0 Å². The Labute approximate surface area is 94.2 Å². The molecule has 0 fully saturated rings. The number of rotatable bonds is 5. The highest BCUT2D eigenvalue weighted by molar-refractivity contribution is 7.80. The summed E-state index contributed by atoms with van der Waals surface area (Å²) >= 11 is 4.82. The van der Waals surface area contributed by atoms with Gasteiger partial charge in [0.1, 0.15) is 16.6 Å². The van der Waals surface area contributed by atoms with Gasteiger partial charge in [-0.15, -0.1) is 0 Å². The van der Waals surface area contributed by atoms with Crippen LogP contribution in [0.15, 0.2) is 18.2 Å². The molecular weight excluding hydrogens is 213 g/mol. The van der Waals surface area contributed by atoms with Gasteiger partial charge < -0.3 is 10.5 Å². The summed E-state index contributed by atoms with van der Waals surface area (Å²) in [5.74, 6) is 0.193. The molecule has 0 saturated heterocycles. The van der Waals surface area contributed by atoms with Crippen LogP contribution >= 0.6 is 12.2 Å². The minimum absolute atomic E-state index is 0.154. The van der Waals surface area contributed by atoms with Crippen LogP contribution in [0.4, 0.5) is 4.39 Å². The molecule has 1 rings (SSSR count). The topological polar surface area (TPSA) is 35.2 Å². The third-order valence-corrected chi connectivity index (χ3v) is 2.18. The van der Waals surface area contributed by atoms with Crippen LogP contribution in [0.3, 0.4) is 0 Å². The molecule has 0 bridgehead atoms. The first-order valence-electron chi connectivity index (χ1n) is 4.87. The second-order valence-electron chi connectivity index (χ2n) is 3.21. The van der Waals surface area contributed by atoms with E-state index in [4.69, 9.17) is 22.7 Å². The molecule has 0 saturated carbocycles. The fourth-order valence-electron chi connectivity index (χ4n) is 1.15. The second-order valence-corrected chi connectivity index (χ2v) is 3.65. The molecule has 0 aliphatic rings. The normalized spacial score (nSPS) is 10.0. The fourth-order valence-corrected chi connectivity index (χ4v) is 1.31. The SMILES string of the molecule is CCCCOc1ccc(F)cc1C(N)=S. The van der Waals surface area contributed by atoms with E-state index in [1.54, 1.807) is 6.07 Å². The first kappa shape index (κ1) is 11.9. The van der Waals surface area contributed by atoms with Crippen molar-refractivity contribution in [2.45, 2.75) is 19.8 Å². The molecule has 82 valence electrons. The minimum atomic E-state index is -0.361. The van der Waals surface area contributed by atoms with E-state index in [2.05, 4.69) is 6.92 Å². The van der Waals surface area contributed by atoms with Gasteiger partial charge in [0, 0.05) is 0 Å². The average Bonchev–Trinajstić information content (AvgIpc) is 2.20. The van der Waals surface area contributed by atoms with Crippen molar-refractivity contribution in [3.8, 4) is 5.75 Å². The van der Waals surface area contributed by atoms with E-state index in [0.717, 1.165) is 12.8 Å². The van der Waals surface area contributed by atoms with Crippen LogP contribution in [-0.2, 0) is 0 Å². The van der Waals surface area contributed by atoms with Crippen molar-refractivity contribution in [2.24, 2.45) is 5.73 Å². The number of benzene rings is 1. The van der Waals surface area contributed by atoms with Crippen LogP contribution in [0.5, 0.6) is 5.75 Å². The quantitative estimate of drug-likeness (QED) is 0.620. The van der Waals surface area contributed by atoms with Crippen LogP contribution < -0.4 is 10.5 Å². The van der Waals surface area contributed by atoms with Crippen molar-refractivity contribution in [3.63, 3.8) is 0 Å². The summed E-state index contributed by atoms with van der Waals surface area (Å²) in [6.07, 6.45) is 2.00. The van der Waals surface area contributed by atoms with Gasteiger partial charge >= 0.3 is 0 Å². The number of ether oxygens (including phenoxy) is 1. The number of unbranched alkanes of at least 4 members (excludes halogenated alkanes) is 1. The molecule has 0 aromatic heterocycles. The number of thiocarbonyl (C=S) groups is 1. The van der Waals surface area contributed by atoms with E-state index < -0.39 is 0 Å². The van der Waals surface area contributed by atoms with Gasteiger partial charge in [0.05, 0.1) is 12.2 Å². The van der Waals surface area contributed by atoms with E-state index in [0.29, 0.717) is 17.9 Å². The number of hydrogen-bond acceptors (Lipinski definition) is 2. The first-order chi connectivity index (χ1) is 7.15. The van der Waals surface area contributed by atoms with Gasteiger partial charge in [-0.05, 0) is 24.6 Å². The highest BCUT2D eigenvalue weighted by Gasteiger charge is 2.07. The van der Waals surface area contributed by atoms with Crippen molar-refractivity contribution in [1.29, 1.82) is 0 Å². The number of halogens is 1. The van der Waals surface area contributed by atoms with Gasteiger partial charge in [-0.1, -0.05) is 25.6 Å². The maximum absolute atomic E-state index is 12.9. The number of nitrogens with two attached hydrogens (primary N) is 1. The highest BCUT2D eigenvalue weighted by atomic mass is 32.1. The molecule has 2 N–H and O–H groups in total. The molecule has 15 heavy (non-hydrogen) atoms. The molecule has 0 amide bonds. The Morgan fingerprint density at radius 1 is 1.53 bits per heavy atom. The van der Waals surface area contributed by atoms with E-state index >= 15 is 0 Å². The zero-order chi connectivity index (χ0) is 11.3. The number of hydrogen-bond donors (Lipinski definition) is 1. The maximum atomic E-state index is 12.9. The summed E-state index contributed by atoms with van der Waals surface area (Å²) in [6.45, 7) is 2.67. The summed E-state index contributed by atoms with van der Waals surface area (Å²) in [5, 5.41) is 0. The lowest BCUT2D eigenvalue weighted by Crippen LogP contribution is -2.12. The van der Waals surface area contributed by atoms with Crippen molar-refractivity contribution in [1.82, 2.24) is 0 Å².